The first kappa shape index (κ1) is 23.8. The monoisotopic (exact) mass is 472 g/mol. The second-order valence-corrected chi connectivity index (χ2v) is 9.86. The molecule has 2 heterocycles. The molecule has 174 valence electrons. The molecule has 0 saturated heterocycles. The minimum Gasteiger partial charge on any atom is -0.501 e. The molecule has 10 nitrogen and oxygen atoms in total. The summed E-state index contributed by atoms with van der Waals surface area (Å²) in [6.45, 7) is 3.09. The van der Waals surface area contributed by atoms with E-state index in [0.717, 1.165) is 26.2 Å². The van der Waals surface area contributed by atoms with Crippen LogP contribution in [0.1, 0.15) is 35.7 Å². The number of fused-ring (bicyclic) bond motifs is 1. The lowest BCUT2D eigenvalue weighted by molar-refractivity contribution is -0.0566. The lowest BCUT2D eigenvalue weighted by atomic mass is 10.1. The van der Waals surface area contributed by atoms with E-state index in [0.29, 0.717) is 4.31 Å². The summed E-state index contributed by atoms with van der Waals surface area (Å²) < 4.78 is 60.5. The molecule has 3 rings (SSSR count). The molecule has 0 fully saturated rings. The lowest BCUT2D eigenvalue weighted by Crippen LogP contribution is -2.42. The quantitative estimate of drug-likeness (QED) is 0.654. The first-order valence-corrected chi connectivity index (χ1v) is 10.9. The van der Waals surface area contributed by atoms with Crippen molar-refractivity contribution in [3.8, 4) is 5.75 Å². The van der Waals surface area contributed by atoms with Crippen molar-refractivity contribution >= 4 is 15.9 Å². The van der Waals surface area contributed by atoms with Crippen LogP contribution in [0.4, 0.5) is 8.78 Å². The fourth-order valence-electron chi connectivity index (χ4n) is 3.26. The van der Waals surface area contributed by atoms with Gasteiger partial charge in [-0.1, -0.05) is 6.07 Å². The van der Waals surface area contributed by atoms with Crippen LogP contribution in [0.25, 0.3) is 0 Å². The number of benzene rings is 1. The van der Waals surface area contributed by atoms with Gasteiger partial charge in [0, 0.05) is 20.6 Å². The minimum atomic E-state index is -4.38. The van der Waals surface area contributed by atoms with E-state index in [4.69, 9.17) is 4.74 Å². The van der Waals surface area contributed by atoms with Crippen LogP contribution >= 0.6 is 0 Å². The first-order chi connectivity index (χ1) is 14.8. The molecule has 0 bridgehead atoms. The van der Waals surface area contributed by atoms with E-state index in [1.165, 1.54) is 4.57 Å². The molecule has 0 radical (unpaired) electrons. The number of hydrogen-bond acceptors (Lipinski definition) is 7. The number of sulfonamides is 1. The largest absolute Gasteiger partial charge is 0.501 e. The Morgan fingerprint density at radius 2 is 2.00 bits per heavy atom. The number of halogens is 2. The molecule has 0 saturated carbocycles. The Morgan fingerprint density at radius 3 is 2.62 bits per heavy atom. The van der Waals surface area contributed by atoms with Crippen molar-refractivity contribution in [2.24, 2.45) is 0 Å². The number of aromatic nitrogens is 2. The van der Waals surface area contributed by atoms with Crippen molar-refractivity contribution in [2.45, 2.75) is 37.4 Å². The molecule has 0 spiro atoms. The Kier molecular flexibility index (Phi) is 6.10. The molecule has 1 aromatic heterocycles. The number of nitrogens with one attached hydrogen (secondary N) is 1. The van der Waals surface area contributed by atoms with Crippen molar-refractivity contribution in [1.82, 2.24) is 19.2 Å². The number of ether oxygens (including phenoxy) is 1. The van der Waals surface area contributed by atoms with Crippen molar-refractivity contribution in [1.29, 1.82) is 0 Å². The predicted molar refractivity (Wildman–Crippen MR) is 108 cm³/mol. The van der Waals surface area contributed by atoms with Gasteiger partial charge in [-0.25, -0.2) is 26.5 Å². The Hall–Kier alpha value is -2.90. The Balaban J connectivity index is 1.99. The third-order valence-electron chi connectivity index (χ3n) is 4.99. The van der Waals surface area contributed by atoms with E-state index < -0.39 is 61.6 Å². The van der Waals surface area contributed by atoms with E-state index in [2.05, 4.69) is 10.3 Å². The Bertz CT molecular complexity index is 1260. The Morgan fingerprint density at radius 1 is 1.34 bits per heavy atom. The van der Waals surface area contributed by atoms with Gasteiger partial charge < -0.3 is 15.2 Å². The van der Waals surface area contributed by atoms with Crippen LogP contribution in [0.3, 0.4) is 0 Å². The molecule has 0 aliphatic carbocycles. The van der Waals surface area contributed by atoms with Crippen LogP contribution in [0.15, 0.2) is 21.8 Å². The van der Waals surface area contributed by atoms with E-state index in [1.54, 1.807) is 13.8 Å². The molecule has 13 heteroatoms. The highest BCUT2D eigenvalue weighted by atomic mass is 32.2. The van der Waals surface area contributed by atoms with E-state index in [1.807, 2.05) is 0 Å². The third kappa shape index (κ3) is 3.98. The maximum atomic E-state index is 14.4. The fourth-order valence-corrected chi connectivity index (χ4v) is 4.42. The molecule has 1 aromatic carbocycles. The van der Waals surface area contributed by atoms with Crippen LogP contribution in [-0.2, 0) is 33.5 Å². The Labute approximate surface area is 182 Å². The number of carbonyl (C=O) groups is 1. The van der Waals surface area contributed by atoms with E-state index in [9.17, 15) is 31.9 Å². The molecule has 1 aliphatic rings. The zero-order valence-corrected chi connectivity index (χ0v) is 18.6. The molecule has 0 unspecified atom stereocenters. The molecule has 0 atom stereocenters. The molecule has 32 heavy (non-hydrogen) atoms. The van der Waals surface area contributed by atoms with E-state index in [-0.39, 0.29) is 24.5 Å². The normalized spacial score (nSPS) is 15.5. The summed E-state index contributed by atoms with van der Waals surface area (Å²) in [5, 5.41) is 12.5. The van der Waals surface area contributed by atoms with Gasteiger partial charge in [-0.2, -0.15) is 0 Å². The third-order valence-corrected chi connectivity index (χ3v) is 6.91. The summed E-state index contributed by atoms with van der Waals surface area (Å²) in [5.41, 5.74) is -2.67. The molecule has 2 N–H and O–H groups in total. The topological polar surface area (TPSA) is 131 Å². The summed E-state index contributed by atoms with van der Waals surface area (Å²) in [4.78, 5) is 28.3. The fraction of sp³-hybridized carbons (Fsp3) is 0.421. The van der Waals surface area contributed by atoms with E-state index >= 15 is 0 Å². The van der Waals surface area contributed by atoms with Crippen LogP contribution in [0, 0.1) is 11.6 Å². The average molecular weight is 472 g/mol. The predicted octanol–water partition coefficient (Wildman–Crippen LogP) is 0.673. The number of nitrogens with zero attached hydrogens (tertiary/aromatic N) is 3. The number of carbonyl (C=O) groups excluding carboxylic acids is 1. The summed E-state index contributed by atoms with van der Waals surface area (Å²) in [5.74, 6) is -4.74. The maximum Gasteiger partial charge on any atom is 0.296 e. The number of hydrogen-bond donors (Lipinski definition) is 2. The van der Waals surface area contributed by atoms with Gasteiger partial charge >= 0.3 is 0 Å². The van der Waals surface area contributed by atoms with Gasteiger partial charge in [0.1, 0.15) is 16.3 Å². The van der Waals surface area contributed by atoms with Crippen molar-refractivity contribution in [3.05, 3.63) is 51.2 Å². The van der Waals surface area contributed by atoms with Crippen LogP contribution in [0.5, 0.6) is 5.75 Å². The van der Waals surface area contributed by atoms with Crippen molar-refractivity contribution < 1.29 is 31.8 Å². The highest BCUT2D eigenvalue weighted by Gasteiger charge is 2.34. The number of aromatic hydroxyl groups is 1. The SMILES string of the molecule is CN(C)S(=O)(=O)c1c(CNC(=O)c2nc3n(c(=O)c2O)CCOC3(C)C)ccc(F)c1F. The lowest BCUT2D eigenvalue weighted by Gasteiger charge is -2.32. The molecule has 2 aromatic rings. The summed E-state index contributed by atoms with van der Waals surface area (Å²) in [7, 11) is -2.09. The molecular weight excluding hydrogens is 450 g/mol. The summed E-state index contributed by atoms with van der Waals surface area (Å²) in [6, 6.07) is 1.74. The van der Waals surface area contributed by atoms with Crippen molar-refractivity contribution in [2.75, 3.05) is 20.7 Å². The van der Waals surface area contributed by atoms with Gasteiger partial charge in [-0.15, -0.1) is 0 Å². The molecular formula is C19H22F2N4O6S. The average Bonchev–Trinajstić information content (AvgIpc) is 2.70. The number of amides is 1. The minimum absolute atomic E-state index is 0.125. The van der Waals surface area contributed by atoms with Gasteiger partial charge in [0.15, 0.2) is 17.3 Å². The second-order valence-electron chi connectivity index (χ2n) is 7.77. The van der Waals surface area contributed by atoms with Gasteiger partial charge in [-0.3, -0.25) is 14.2 Å². The summed E-state index contributed by atoms with van der Waals surface area (Å²) in [6.07, 6.45) is 0. The maximum absolute atomic E-state index is 14.4. The number of rotatable bonds is 5. The second kappa shape index (κ2) is 8.22. The standard InChI is InChI=1S/C19H22F2N4O6S/c1-19(2)18-23-13(14(26)17(28)25(18)7-8-31-19)16(27)22-9-10-5-6-11(20)12(21)15(10)32(29,30)24(3)4/h5-6,26H,7-9H2,1-4H3,(H,22,27). The molecule has 1 aliphatic heterocycles. The van der Waals surface area contributed by atoms with Crippen molar-refractivity contribution in [3.63, 3.8) is 0 Å². The van der Waals surface area contributed by atoms with Crippen LogP contribution < -0.4 is 10.9 Å². The smallest absolute Gasteiger partial charge is 0.296 e. The van der Waals surface area contributed by atoms with Gasteiger partial charge in [0.25, 0.3) is 11.5 Å². The van der Waals surface area contributed by atoms with Crippen LogP contribution in [0.2, 0.25) is 0 Å². The zero-order valence-electron chi connectivity index (χ0n) is 17.8. The van der Waals surface area contributed by atoms with Gasteiger partial charge in [0.05, 0.1) is 13.2 Å². The summed E-state index contributed by atoms with van der Waals surface area (Å²) >= 11 is 0. The van der Waals surface area contributed by atoms with Crippen LogP contribution in [-0.4, -0.2) is 54.0 Å². The first-order valence-electron chi connectivity index (χ1n) is 9.45. The molecule has 1 amide bonds. The zero-order chi connectivity index (χ0) is 24.0. The highest BCUT2D eigenvalue weighted by Crippen LogP contribution is 2.28. The van der Waals surface area contributed by atoms with Gasteiger partial charge in [-0.05, 0) is 25.5 Å². The van der Waals surface area contributed by atoms with Gasteiger partial charge in [0.2, 0.25) is 15.8 Å². The highest BCUT2D eigenvalue weighted by molar-refractivity contribution is 7.89.